The van der Waals surface area contributed by atoms with Crippen LogP contribution in [0.4, 0.5) is 0 Å². The van der Waals surface area contributed by atoms with Crippen LogP contribution in [0.25, 0.3) is 0 Å². The van der Waals surface area contributed by atoms with E-state index in [2.05, 4.69) is 0 Å². The smallest absolute Gasteiger partial charge is 0.323 e. The van der Waals surface area contributed by atoms with Crippen LogP contribution in [-0.2, 0) is 21.3 Å². The predicted octanol–water partition coefficient (Wildman–Crippen LogP) is 2.63. The first-order valence-corrected chi connectivity index (χ1v) is 7.64. The fourth-order valence-electron chi connectivity index (χ4n) is 2.01. The Hall–Kier alpha value is -2.45. The van der Waals surface area contributed by atoms with E-state index in [4.69, 9.17) is 5.26 Å². The number of aliphatic carboxylic acids is 1. The fourth-order valence-corrected chi connectivity index (χ4v) is 3.37. The summed E-state index contributed by atoms with van der Waals surface area (Å²) in [4.78, 5) is 11.4. The summed E-state index contributed by atoms with van der Waals surface area (Å²) in [6.45, 7) is 0. The number of nitrogens with zero attached hydrogens (tertiary/aromatic N) is 1. The van der Waals surface area contributed by atoms with Crippen LogP contribution < -0.4 is 0 Å². The van der Waals surface area contributed by atoms with E-state index in [9.17, 15) is 14.1 Å². The van der Waals surface area contributed by atoms with Gasteiger partial charge in [0.15, 0.2) is 5.25 Å². The Labute approximate surface area is 125 Å². The predicted molar refractivity (Wildman–Crippen MR) is 79.8 cm³/mol. The van der Waals surface area contributed by atoms with E-state index in [0.29, 0.717) is 16.7 Å². The minimum absolute atomic E-state index is 0.0986. The number of nitriles is 1. The molecule has 1 N–H and O–H groups in total. The van der Waals surface area contributed by atoms with E-state index in [1.807, 2.05) is 6.07 Å². The SMILES string of the molecule is N#Cc1cccc(CS(=O)C(C(=O)O)c2ccccc2)c1. The lowest BCUT2D eigenvalue weighted by molar-refractivity contribution is -0.136. The first-order chi connectivity index (χ1) is 10.1. The second-order valence-corrected chi connectivity index (χ2v) is 5.99. The first-order valence-electron chi connectivity index (χ1n) is 6.26. The highest BCUT2D eigenvalue weighted by molar-refractivity contribution is 7.85. The summed E-state index contributed by atoms with van der Waals surface area (Å²) in [7, 11) is -1.61. The maximum atomic E-state index is 12.4. The third kappa shape index (κ3) is 3.77. The molecule has 0 radical (unpaired) electrons. The van der Waals surface area contributed by atoms with Crippen molar-refractivity contribution in [3.05, 3.63) is 71.3 Å². The lowest BCUT2D eigenvalue weighted by Gasteiger charge is -2.12. The Morgan fingerprint density at radius 1 is 1.19 bits per heavy atom. The number of carboxylic acids is 1. The van der Waals surface area contributed by atoms with E-state index in [-0.39, 0.29) is 5.75 Å². The van der Waals surface area contributed by atoms with Gasteiger partial charge in [0.05, 0.1) is 11.6 Å². The van der Waals surface area contributed by atoms with E-state index >= 15 is 0 Å². The highest BCUT2D eigenvalue weighted by Crippen LogP contribution is 2.23. The standard InChI is InChI=1S/C16H13NO3S/c17-10-12-5-4-6-13(9-12)11-21(20)15(16(18)19)14-7-2-1-3-8-14/h1-9,15H,11H2,(H,18,19). The molecule has 106 valence electrons. The highest BCUT2D eigenvalue weighted by atomic mass is 32.2. The van der Waals surface area contributed by atoms with Gasteiger partial charge in [0.1, 0.15) is 0 Å². The average Bonchev–Trinajstić information content (AvgIpc) is 2.48. The van der Waals surface area contributed by atoms with Gasteiger partial charge in [-0.05, 0) is 23.3 Å². The second-order valence-electron chi connectivity index (χ2n) is 4.47. The zero-order valence-electron chi connectivity index (χ0n) is 11.1. The maximum absolute atomic E-state index is 12.4. The minimum atomic E-state index is -1.61. The lowest BCUT2D eigenvalue weighted by atomic mass is 10.1. The molecule has 0 fully saturated rings. The topological polar surface area (TPSA) is 78.2 Å². The van der Waals surface area contributed by atoms with E-state index < -0.39 is 22.0 Å². The van der Waals surface area contributed by atoms with Gasteiger partial charge in [0.25, 0.3) is 0 Å². The Morgan fingerprint density at radius 3 is 2.52 bits per heavy atom. The number of hydrogen-bond acceptors (Lipinski definition) is 3. The van der Waals surface area contributed by atoms with Gasteiger partial charge in [0, 0.05) is 16.6 Å². The van der Waals surface area contributed by atoms with Gasteiger partial charge in [-0.1, -0.05) is 42.5 Å². The summed E-state index contributed by atoms with van der Waals surface area (Å²) < 4.78 is 12.4. The van der Waals surface area contributed by atoms with Crippen molar-refractivity contribution in [2.24, 2.45) is 0 Å². The molecule has 0 heterocycles. The highest BCUT2D eigenvalue weighted by Gasteiger charge is 2.26. The van der Waals surface area contributed by atoms with Crippen molar-refractivity contribution in [1.29, 1.82) is 5.26 Å². The zero-order chi connectivity index (χ0) is 15.2. The largest absolute Gasteiger partial charge is 0.480 e. The van der Waals surface area contributed by atoms with Crippen LogP contribution in [0, 0.1) is 11.3 Å². The van der Waals surface area contributed by atoms with Crippen LogP contribution in [0.15, 0.2) is 54.6 Å². The van der Waals surface area contributed by atoms with Crippen molar-refractivity contribution in [3.8, 4) is 6.07 Å². The van der Waals surface area contributed by atoms with Gasteiger partial charge in [-0.2, -0.15) is 5.26 Å². The van der Waals surface area contributed by atoms with Crippen molar-refractivity contribution in [3.63, 3.8) is 0 Å². The van der Waals surface area contributed by atoms with Crippen molar-refractivity contribution in [2.75, 3.05) is 0 Å². The molecule has 0 saturated carbocycles. The molecule has 21 heavy (non-hydrogen) atoms. The second kappa shape index (κ2) is 6.82. The summed E-state index contributed by atoms with van der Waals surface area (Å²) in [5, 5.41) is 17.1. The van der Waals surface area contributed by atoms with Crippen LogP contribution in [0.2, 0.25) is 0 Å². The third-order valence-electron chi connectivity index (χ3n) is 2.95. The molecule has 0 aliphatic carbocycles. The summed E-state index contributed by atoms with van der Waals surface area (Å²) >= 11 is 0. The molecular formula is C16H13NO3S. The minimum Gasteiger partial charge on any atom is -0.480 e. The molecule has 4 nitrogen and oxygen atoms in total. The van der Waals surface area contributed by atoms with Crippen LogP contribution in [0.5, 0.6) is 0 Å². The number of hydrogen-bond donors (Lipinski definition) is 1. The Bertz CT molecular complexity index is 707. The molecule has 2 unspecified atom stereocenters. The number of benzene rings is 2. The summed E-state index contributed by atoms with van der Waals surface area (Å²) in [6, 6.07) is 17.3. The lowest BCUT2D eigenvalue weighted by Crippen LogP contribution is -2.18. The third-order valence-corrected chi connectivity index (χ3v) is 4.57. The molecule has 2 rings (SSSR count). The summed E-state index contributed by atoms with van der Waals surface area (Å²) in [5.74, 6) is -1.02. The monoisotopic (exact) mass is 299 g/mol. The van der Waals surface area contributed by atoms with E-state index in [0.717, 1.165) is 0 Å². The van der Waals surface area contributed by atoms with Crippen LogP contribution >= 0.6 is 0 Å². The van der Waals surface area contributed by atoms with Crippen molar-refractivity contribution < 1.29 is 14.1 Å². The molecule has 0 bridgehead atoms. The molecule has 0 spiro atoms. The summed E-state index contributed by atoms with van der Waals surface area (Å²) in [5.41, 5.74) is 1.67. The average molecular weight is 299 g/mol. The first kappa shape index (κ1) is 14.9. The van der Waals surface area contributed by atoms with Crippen molar-refractivity contribution in [2.45, 2.75) is 11.0 Å². The van der Waals surface area contributed by atoms with Gasteiger partial charge < -0.3 is 5.11 Å². The maximum Gasteiger partial charge on any atom is 0.323 e. The number of carboxylic acid groups (broad SMARTS) is 1. The molecule has 0 aromatic heterocycles. The Kier molecular flexibility index (Phi) is 4.85. The van der Waals surface area contributed by atoms with E-state index in [1.165, 1.54) is 0 Å². The molecule has 0 amide bonds. The van der Waals surface area contributed by atoms with Crippen molar-refractivity contribution in [1.82, 2.24) is 0 Å². The molecule has 0 saturated heterocycles. The van der Waals surface area contributed by atoms with Crippen LogP contribution in [-0.4, -0.2) is 15.3 Å². The van der Waals surface area contributed by atoms with Gasteiger partial charge in [-0.3, -0.25) is 9.00 Å². The zero-order valence-corrected chi connectivity index (χ0v) is 11.9. The van der Waals surface area contributed by atoms with Crippen LogP contribution in [0.1, 0.15) is 21.9 Å². The normalized spacial score (nSPS) is 13.1. The van der Waals surface area contributed by atoms with Crippen molar-refractivity contribution >= 4 is 16.8 Å². The van der Waals surface area contributed by atoms with Crippen LogP contribution in [0.3, 0.4) is 0 Å². The van der Waals surface area contributed by atoms with E-state index in [1.54, 1.807) is 54.6 Å². The van der Waals surface area contributed by atoms with Gasteiger partial charge in [0.2, 0.25) is 0 Å². The molecular weight excluding hydrogens is 286 g/mol. The Balaban J connectivity index is 2.24. The Morgan fingerprint density at radius 2 is 1.90 bits per heavy atom. The van der Waals surface area contributed by atoms with Gasteiger partial charge in [-0.25, -0.2) is 0 Å². The molecule has 5 heteroatoms. The molecule has 2 aromatic carbocycles. The van der Waals surface area contributed by atoms with Gasteiger partial charge >= 0.3 is 5.97 Å². The summed E-state index contributed by atoms with van der Waals surface area (Å²) in [6.07, 6.45) is 0. The quantitative estimate of drug-likeness (QED) is 0.920. The molecule has 2 aromatic rings. The fraction of sp³-hybridized carbons (Fsp3) is 0.125. The number of rotatable bonds is 5. The number of carbonyl (C=O) groups is 1. The molecule has 0 aliphatic rings. The molecule has 2 atom stereocenters. The molecule has 0 aliphatic heterocycles. The van der Waals surface area contributed by atoms with Gasteiger partial charge in [-0.15, -0.1) is 0 Å².